The number of rotatable bonds is 4. The van der Waals surface area contributed by atoms with Crippen LogP contribution in [-0.2, 0) is 4.79 Å². The highest BCUT2D eigenvalue weighted by Gasteiger charge is 2.20. The Hall–Kier alpha value is -2.04. The Kier molecular flexibility index (Phi) is 3.88. The number of ether oxygens (including phenoxy) is 2. The number of nitrogens with zero attached hydrogens (tertiary/aromatic N) is 1. The average Bonchev–Trinajstić information content (AvgIpc) is 2.35. The van der Waals surface area contributed by atoms with Gasteiger partial charge >= 0.3 is 11.8 Å². The van der Waals surface area contributed by atoms with Crippen LogP contribution < -0.4 is 14.0 Å². The Balaban J connectivity index is 3.34. The van der Waals surface area contributed by atoms with Crippen molar-refractivity contribution < 1.29 is 23.9 Å². The quantitative estimate of drug-likeness (QED) is 0.358. The summed E-state index contributed by atoms with van der Waals surface area (Å²) in [5.41, 5.74) is 0.205. The van der Waals surface area contributed by atoms with Crippen LogP contribution in [0.15, 0.2) is 23.9 Å². The number of allylic oxidation sites excluding steroid dienone is 1. The maximum Gasteiger partial charge on any atom is 0.380 e. The Morgan fingerprint density at radius 3 is 2.56 bits per heavy atom. The first-order chi connectivity index (χ1) is 7.63. The first kappa shape index (κ1) is 12.0. The summed E-state index contributed by atoms with van der Waals surface area (Å²) in [6.07, 6.45) is 2.10. The molecule has 86 valence electrons. The zero-order valence-electron chi connectivity index (χ0n) is 9.43. The Morgan fingerprint density at radius 2 is 2.06 bits per heavy atom. The van der Waals surface area contributed by atoms with Crippen LogP contribution in [0.1, 0.15) is 6.92 Å². The number of hydrogen-bond donors (Lipinski definition) is 1. The second kappa shape index (κ2) is 5.16. The van der Waals surface area contributed by atoms with Gasteiger partial charge in [-0.15, -0.1) is 0 Å². The molecule has 1 rings (SSSR count). The Morgan fingerprint density at radius 1 is 1.38 bits per heavy atom. The average molecular weight is 224 g/mol. The van der Waals surface area contributed by atoms with Crippen LogP contribution in [0.4, 0.5) is 0 Å². The molecule has 0 aromatic carbocycles. The molecule has 16 heavy (non-hydrogen) atoms. The minimum atomic E-state index is -0.189. The summed E-state index contributed by atoms with van der Waals surface area (Å²) in [7, 11) is 2.99. The first-order valence-corrected chi connectivity index (χ1v) is 4.63. The minimum absolute atomic E-state index is 0.189. The van der Waals surface area contributed by atoms with E-state index in [0.29, 0.717) is 17.9 Å². The number of hydrogen-bond acceptors (Lipinski definition) is 4. The molecule has 0 saturated heterocycles. The topological polar surface area (TPSA) is 59.6 Å². The van der Waals surface area contributed by atoms with Crippen LogP contribution in [0.3, 0.4) is 0 Å². The van der Waals surface area contributed by atoms with Gasteiger partial charge in [0.25, 0.3) is 0 Å². The van der Waals surface area contributed by atoms with Crippen molar-refractivity contribution in [1.29, 1.82) is 0 Å². The summed E-state index contributed by atoms with van der Waals surface area (Å²) in [5, 5.41) is 9.80. The Bertz CT molecular complexity index is 426. The number of aliphatic hydroxyl groups is 1. The molecule has 0 spiro atoms. The van der Waals surface area contributed by atoms with Gasteiger partial charge in [-0.25, -0.2) is 0 Å². The van der Waals surface area contributed by atoms with E-state index in [1.807, 2.05) is 0 Å². The van der Waals surface area contributed by atoms with Gasteiger partial charge in [-0.3, -0.25) is 4.79 Å². The van der Waals surface area contributed by atoms with E-state index in [9.17, 15) is 9.90 Å². The second-order valence-electron chi connectivity index (χ2n) is 3.11. The predicted molar refractivity (Wildman–Crippen MR) is 57.3 cm³/mol. The molecule has 0 radical (unpaired) electrons. The van der Waals surface area contributed by atoms with Crippen molar-refractivity contribution >= 4 is 12.2 Å². The van der Waals surface area contributed by atoms with E-state index in [1.165, 1.54) is 31.9 Å². The van der Waals surface area contributed by atoms with E-state index in [0.717, 1.165) is 0 Å². The van der Waals surface area contributed by atoms with Crippen molar-refractivity contribution in [3.8, 4) is 11.6 Å². The van der Waals surface area contributed by atoms with Crippen molar-refractivity contribution in [1.82, 2.24) is 0 Å². The van der Waals surface area contributed by atoms with Gasteiger partial charge < -0.3 is 14.6 Å². The third kappa shape index (κ3) is 2.31. The molecule has 0 aliphatic carbocycles. The largest absolute Gasteiger partial charge is 0.491 e. The van der Waals surface area contributed by atoms with Crippen LogP contribution in [0.25, 0.3) is 5.88 Å². The molecule has 0 aliphatic heterocycles. The molecule has 1 N–H and O–H groups in total. The van der Waals surface area contributed by atoms with Gasteiger partial charge in [-0.1, -0.05) is 4.57 Å². The molecule has 0 unspecified atom stereocenters. The minimum Gasteiger partial charge on any atom is -0.491 e. The second-order valence-corrected chi connectivity index (χ2v) is 3.11. The van der Waals surface area contributed by atoms with Crippen LogP contribution in [-0.4, -0.2) is 25.6 Å². The lowest BCUT2D eigenvalue weighted by Crippen LogP contribution is -2.35. The molecule has 0 saturated carbocycles. The number of methoxy groups -OCH3 is 2. The van der Waals surface area contributed by atoms with Gasteiger partial charge in [0.1, 0.15) is 5.57 Å². The maximum atomic E-state index is 10.6. The zero-order valence-corrected chi connectivity index (χ0v) is 9.43. The van der Waals surface area contributed by atoms with Crippen molar-refractivity contribution in [2.24, 2.45) is 0 Å². The SMILES string of the molecule is COc1ccc(OC)[n+](/C(O)=C(/C)C=O)c1. The fraction of sp³-hybridized carbons (Fsp3) is 0.273. The molecule has 1 aromatic heterocycles. The highest BCUT2D eigenvalue weighted by molar-refractivity contribution is 5.77. The molecule has 0 aliphatic rings. The normalized spacial score (nSPS) is 11.7. The predicted octanol–water partition coefficient (Wildman–Crippen LogP) is 0.937. The zero-order chi connectivity index (χ0) is 12.1. The molecule has 5 heteroatoms. The van der Waals surface area contributed by atoms with Gasteiger partial charge in [0.15, 0.2) is 12.0 Å². The summed E-state index contributed by atoms with van der Waals surface area (Å²) in [5.74, 6) is 0.760. The summed E-state index contributed by atoms with van der Waals surface area (Å²) < 4.78 is 11.4. The van der Waals surface area contributed by atoms with Crippen molar-refractivity contribution in [2.75, 3.05) is 14.2 Å². The molecule has 1 heterocycles. The summed E-state index contributed by atoms with van der Waals surface area (Å²) in [6, 6.07) is 3.33. The van der Waals surface area contributed by atoms with E-state index in [-0.39, 0.29) is 11.5 Å². The first-order valence-electron chi connectivity index (χ1n) is 4.63. The highest BCUT2D eigenvalue weighted by atomic mass is 16.5. The molecule has 0 bridgehead atoms. The fourth-order valence-corrected chi connectivity index (χ4v) is 1.16. The molecule has 0 amide bonds. The van der Waals surface area contributed by atoms with Gasteiger partial charge in [-0.05, 0) is 13.0 Å². The monoisotopic (exact) mass is 224 g/mol. The van der Waals surface area contributed by atoms with Gasteiger partial charge in [-0.2, -0.15) is 0 Å². The van der Waals surface area contributed by atoms with Crippen LogP contribution >= 0.6 is 0 Å². The van der Waals surface area contributed by atoms with Gasteiger partial charge in [0.2, 0.25) is 6.20 Å². The van der Waals surface area contributed by atoms with Crippen molar-refractivity contribution in [2.45, 2.75) is 6.92 Å². The number of pyridine rings is 1. The van der Waals surface area contributed by atoms with E-state index in [1.54, 1.807) is 12.1 Å². The van der Waals surface area contributed by atoms with Gasteiger partial charge in [0, 0.05) is 0 Å². The van der Waals surface area contributed by atoms with Crippen molar-refractivity contribution in [3.05, 3.63) is 23.9 Å². The van der Waals surface area contributed by atoms with Gasteiger partial charge in [0.05, 0.1) is 20.3 Å². The summed E-state index contributed by atoms with van der Waals surface area (Å²) in [6.45, 7) is 1.51. The van der Waals surface area contributed by atoms with E-state index in [4.69, 9.17) is 9.47 Å². The molecule has 1 aromatic rings. The smallest absolute Gasteiger partial charge is 0.380 e. The molecule has 0 atom stereocenters. The molecular formula is C11H14NO4+. The lowest BCUT2D eigenvalue weighted by atomic mass is 10.3. The molecule has 0 fully saturated rings. The number of aliphatic hydroxyl groups excluding tert-OH is 1. The number of aldehydes is 1. The lowest BCUT2D eigenvalue weighted by molar-refractivity contribution is -0.607. The van der Waals surface area contributed by atoms with Crippen molar-refractivity contribution in [3.63, 3.8) is 0 Å². The standard InChI is InChI=1S/C11H13NO4/c1-8(7-13)11(14)12-6-9(15-2)4-5-10(12)16-3/h4-7H,1-3H3/p+1. The van der Waals surface area contributed by atoms with E-state index >= 15 is 0 Å². The van der Waals surface area contributed by atoms with Crippen LogP contribution in [0, 0.1) is 0 Å². The molecule has 5 nitrogen and oxygen atoms in total. The highest BCUT2D eigenvalue weighted by Crippen LogP contribution is 2.13. The van der Waals surface area contributed by atoms with Crippen LogP contribution in [0.5, 0.6) is 11.6 Å². The third-order valence-electron chi connectivity index (χ3n) is 2.09. The third-order valence-corrected chi connectivity index (χ3v) is 2.09. The number of carbonyl (C=O) groups is 1. The Labute approximate surface area is 93.5 Å². The maximum absolute atomic E-state index is 10.6. The fourth-order valence-electron chi connectivity index (χ4n) is 1.16. The lowest BCUT2D eigenvalue weighted by Gasteiger charge is -2.03. The van der Waals surface area contributed by atoms with Crippen LogP contribution in [0.2, 0.25) is 0 Å². The summed E-state index contributed by atoms with van der Waals surface area (Å²) >= 11 is 0. The summed E-state index contributed by atoms with van der Waals surface area (Å²) in [4.78, 5) is 10.6. The van der Waals surface area contributed by atoms with E-state index in [2.05, 4.69) is 0 Å². The number of aromatic nitrogens is 1. The number of carbonyl (C=O) groups excluding carboxylic acids is 1. The molecular weight excluding hydrogens is 210 g/mol. The van der Waals surface area contributed by atoms with E-state index < -0.39 is 0 Å².